The van der Waals surface area contributed by atoms with Crippen LogP contribution >= 0.6 is 0 Å². The van der Waals surface area contributed by atoms with Crippen molar-refractivity contribution < 1.29 is 27.4 Å². The van der Waals surface area contributed by atoms with E-state index in [-0.39, 0.29) is 10.8 Å². The minimum Gasteiger partial charge on any atom is -0.497 e. The SMILES string of the molecule is CCOc1ccc(S(=O)(=O)N2CCOCC2)cc1NC(=O)C(C)c1ccc2cc(OC)ccc2c1. The minimum atomic E-state index is -3.72. The van der Waals surface area contributed by atoms with Crippen LogP contribution in [-0.2, 0) is 19.6 Å². The molecule has 1 heterocycles. The van der Waals surface area contributed by atoms with E-state index < -0.39 is 15.9 Å². The Hall–Kier alpha value is -3.14. The predicted octanol–water partition coefficient (Wildman–Crippen LogP) is 4.01. The highest BCUT2D eigenvalue weighted by Gasteiger charge is 2.28. The minimum absolute atomic E-state index is 0.102. The summed E-state index contributed by atoms with van der Waals surface area (Å²) in [6, 6.07) is 16.2. The summed E-state index contributed by atoms with van der Waals surface area (Å²) in [6.45, 7) is 5.32. The number of nitrogens with zero attached hydrogens (tertiary/aromatic N) is 1. The van der Waals surface area contributed by atoms with Crippen LogP contribution < -0.4 is 14.8 Å². The highest BCUT2D eigenvalue weighted by Crippen LogP contribution is 2.31. The summed E-state index contributed by atoms with van der Waals surface area (Å²) in [7, 11) is -2.09. The molecule has 35 heavy (non-hydrogen) atoms. The summed E-state index contributed by atoms with van der Waals surface area (Å²) < 4.78 is 43.9. The molecule has 0 radical (unpaired) electrons. The van der Waals surface area contributed by atoms with Gasteiger partial charge in [-0.1, -0.05) is 24.3 Å². The Balaban J connectivity index is 1.59. The van der Waals surface area contributed by atoms with Gasteiger partial charge >= 0.3 is 0 Å². The molecule has 186 valence electrons. The summed E-state index contributed by atoms with van der Waals surface area (Å²) in [6.07, 6.45) is 0. The third-order valence-electron chi connectivity index (χ3n) is 6.08. The molecule has 1 amide bonds. The number of ether oxygens (including phenoxy) is 3. The second kappa shape index (κ2) is 10.6. The standard InChI is InChI=1S/C26H30N2O6S/c1-4-34-25-10-9-23(35(30,31)28-11-13-33-14-12-28)17-24(25)27-26(29)18(2)19-5-6-21-16-22(32-3)8-7-20(21)15-19/h5-10,15-18H,4,11-14H2,1-3H3,(H,27,29). The van der Waals surface area contributed by atoms with E-state index in [0.29, 0.717) is 44.3 Å². The third-order valence-corrected chi connectivity index (χ3v) is 7.98. The molecule has 0 aromatic heterocycles. The molecule has 1 aliphatic rings. The molecule has 1 unspecified atom stereocenters. The van der Waals surface area contributed by atoms with Crippen molar-refractivity contribution in [3.63, 3.8) is 0 Å². The lowest BCUT2D eigenvalue weighted by molar-refractivity contribution is -0.117. The van der Waals surface area contributed by atoms with E-state index in [1.807, 2.05) is 50.2 Å². The van der Waals surface area contributed by atoms with Gasteiger partial charge in [-0.15, -0.1) is 0 Å². The van der Waals surface area contributed by atoms with Gasteiger partial charge in [0.2, 0.25) is 15.9 Å². The Morgan fingerprint density at radius 2 is 1.77 bits per heavy atom. The van der Waals surface area contributed by atoms with Gasteiger partial charge in [-0.25, -0.2) is 8.42 Å². The average Bonchev–Trinajstić information content (AvgIpc) is 2.89. The fourth-order valence-corrected chi connectivity index (χ4v) is 5.45. The molecule has 1 N–H and O–H groups in total. The van der Waals surface area contributed by atoms with Gasteiger partial charge in [0.05, 0.1) is 43.4 Å². The van der Waals surface area contributed by atoms with E-state index in [1.54, 1.807) is 13.2 Å². The van der Waals surface area contributed by atoms with Gasteiger partial charge in [-0.3, -0.25) is 4.79 Å². The maximum atomic E-state index is 13.2. The maximum Gasteiger partial charge on any atom is 0.243 e. The number of fused-ring (bicyclic) bond motifs is 1. The van der Waals surface area contributed by atoms with Crippen molar-refractivity contribution in [2.24, 2.45) is 0 Å². The number of methoxy groups -OCH3 is 1. The molecule has 3 aromatic carbocycles. The Morgan fingerprint density at radius 1 is 1.06 bits per heavy atom. The molecule has 1 atom stereocenters. The lowest BCUT2D eigenvalue weighted by Gasteiger charge is -2.26. The molecule has 0 saturated carbocycles. The van der Waals surface area contributed by atoms with Gasteiger partial charge < -0.3 is 19.5 Å². The number of carbonyl (C=O) groups excluding carboxylic acids is 1. The van der Waals surface area contributed by atoms with Crippen molar-refractivity contribution in [2.75, 3.05) is 45.3 Å². The van der Waals surface area contributed by atoms with Crippen molar-refractivity contribution in [1.29, 1.82) is 0 Å². The predicted molar refractivity (Wildman–Crippen MR) is 135 cm³/mol. The number of carbonyl (C=O) groups is 1. The average molecular weight is 499 g/mol. The van der Waals surface area contributed by atoms with E-state index >= 15 is 0 Å². The van der Waals surface area contributed by atoms with Crippen molar-refractivity contribution in [1.82, 2.24) is 4.31 Å². The Morgan fingerprint density at radius 3 is 2.49 bits per heavy atom. The lowest BCUT2D eigenvalue weighted by atomic mass is 9.97. The summed E-state index contributed by atoms with van der Waals surface area (Å²) in [5.41, 5.74) is 1.17. The van der Waals surface area contributed by atoms with Gasteiger partial charge in [0.1, 0.15) is 11.5 Å². The van der Waals surface area contributed by atoms with Crippen LogP contribution in [0.5, 0.6) is 11.5 Å². The Labute approximate surface area is 205 Å². The number of sulfonamides is 1. The van der Waals surface area contributed by atoms with Gasteiger partial charge in [0.15, 0.2) is 0 Å². The smallest absolute Gasteiger partial charge is 0.243 e. The molecule has 0 aliphatic carbocycles. The zero-order chi connectivity index (χ0) is 25.0. The summed E-state index contributed by atoms with van der Waals surface area (Å²) >= 11 is 0. The topological polar surface area (TPSA) is 94.2 Å². The number of hydrogen-bond donors (Lipinski definition) is 1. The quantitative estimate of drug-likeness (QED) is 0.504. The molecular formula is C26H30N2O6S. The summed E-state index contributed by atoms with van der Waals surface area (Å²) in [5, 5.41) is 4.89. The van der Waals surface area contributed by atoms with Crippen molar-refractivity contribution in [3.05, 3.63) is 60.2 Å². The van der Waals surface area contributed by atoms with Gasteiger partial charge in [-0.05, 0) is 60.5 Å². The van der Waals surface area contributed by atoms with Crippen LogP contribution in [0.1, 0.15) is 25.3 Å². The molecule has 9 heteroatoms. The summed E-state index contributed by atoms with van der Waals surface area (Å²) in [4.78, 5) is 13.3. The van der Waals surface area contributed by atoms with Crippen LogP contribution in [0.3, 0.4) is 0 Å². The molecule has 1 aliphatic heterocycles. The van der Waals surface area contributed by atoms with Crippen LogP contribution in [-0.4, -0.2) is 58.7 Å². The maximum absolute atomic E-state index is 13.2. The van der Waals surface area contributed by atoms with Crippen LogP contribution in [0.4, 0.5) is 5.69 Å². The lowest BCUT2D eigenvalue weighted by Crippen LogP contribution is -2.40. The molecule has 8 nitrogen and oxygen atoms in total. The first-order chi connectivity index (χ1) is 16.8. The molecule has 0 bridgehead atoms. The van der Waals surface area contributed by atoms with E-state index in [9.17, 15) is 13.2 Å². The molecule has 1 fully saturated rings. The van der Waals surface area contributed by atoms with E-state index in [0.717, 1.165) is 22.1 Å². The van der Waals surface area contributed by atoms with Crippen LogP contribution in [0.15, 0.2) is 59.5 Å². The number of amides is 1. The molecular weight excluding hydrogens is 468 g/mol. The van der Waals surface area contributed by atoms with E-state index in [4.69, 9.17) is 14.2 Å². The van der Waals surface area contributed by atoms with Gasteiger partial charge in [-0.2, -0.15) is 4.31 Å². The van der Waals surface area contributed by atoms with Crippen LogP contribution in [0, 0.1) is 0 Å². The number of nitrogens with one attached hydrogen (secondary N) is 1. The highest BCUT2D eigenvalue weighted by molar-refractivity contribution is 7.89. The first-order valence-corrected chi connectivity index (χ1v) is 13.0. The highest BCUT2D eigenvalue weighted by atomic mass is 32.2. The third kappa shape index (κ3) is 5.42. The Kier molecular flexibility index (Phi) is 7.59. The number of morpholine rings is 1. The van der Waals surface area contributed by atoms with Gasteiger partial charge in [0.25, 0.3) is 0 Å². The van der Waals surface area contributed by atoms with Crippen LogP contribution in [0.25, 0.3) is 10.8 Å². The first kappa shape index (κ1) is 25.0. The molecule has 0 spiro atoms. The summed E-state index contributed by atoms with van der Waals surface area (Å²) in [5.74, 6) is 0.446. The molecule has 3 aromatic rings. The second-order valence-corrected chi connectivity index (χ2v) is 10.2. The normalized spacial score (nSPS) is 15.5. The van der Waals surface area contributed by atoms with Crippen molar-refractivity contribution in [3.8, 4) is 11.5 Å². The number of rotatable bonds is 8. The van der Waals surface area contributed by atoms with Crippen molar-refractivity contribution in [2.45, 2.75) is 24.7 Å². The molecule has 1 saturated heterocycles. The fraction of sp³-hybridized carbons (Fsp3) is 0.346. The Bertz CT molecular complexity index is 1320. The zero-order valence-electron chi connectivity index (χ0n) is 20.1. The van der Waals surface area contributed by atoms with Gasteiger partial charge in [0, 0.05) is 13.1 Å². The van der Waals surface area contributed by atoms with Crippen molar-refractivity contribution >= 4 is 32.4 Å². The van der Waals surface area contributed by atoms with E-state index in [2.05, 4.69) is 5.32 Å². The fourth-order valence-electron chi connectivity index (χ4n) is 4.02. The largest absolute Gasteiger partial charge is 0.497 e. The second-order valence-electron chi connectivity index (χ2n) is 8.29. The molecule has 4 rings (SSSR count). The number of benzene rings is 3. The van der Waals surface area contributed by atoms with Crippen LogP contribution in [0.2, 0.25) is 0 Å². The first-order valence-electron chi connectivity index (χ1n) is 11.6. The monoisotopic (exact) mass is 498 g/mol. The zero-order valence-corrected chi connectivity index (χ0v) is 20.9. The number of hydrogen-bond acceptors (Lipinski definition) is 6. The number of anilines is 1. The van der Waals surface area contributed by atoms with E-state index in [1.165, 1.54) is 16.4 Å².